The monoisotopic (exact) mass is 464 g/mol. The fourth-order valence-electron chi connectivity index (χ4n) is 3.00. The van der Waals surface area contributed by atoms with Crippen LogP contribution in [0.1, 0.15) is 11.1 Å². The molecule has 0 aliphatic rings. The first-order valence-corrected chi connectivity index (χ1v) is 16.2. The number of para-hydroxylation sites is 2. The van der Waals surface area contributed by atoms with Crippen molar-refractivity contribution in [2.45, 2.75) is 26.9 Å². The van der Waals surface area contributed by atoms with E-state index in [4.69, 9.17) is 28.3 Å². The Kier molecular flexibility index (Phi) is 9.13. The molecule has 0 fully saturated rings. The van der Waals surface area contributed by atoms with Crippen LogP contribution in [0.5, 0.6) is 11.5 Å². The van der Waals surface area contributed by atoms with Crippen molar-refractivity contribution in [2.75, 3.05) is 0 Å². The Balaban J connectivity index is 0.000000878. The summed E-state index contributed by atoms with van der Waals surface area (Å²) >= 11 is -0.556. The minimum absolute atomic E-state index is 0.556. The maximum absolute atomic E-state index is 6.17. The van der Waals surface area contributed by atoms with Gasteiger partial charge in [0.25, 0.3) is 0 Å². The minimum atomic E-state index is -2.08. The average Bonchev–Trinajstić information content (AvgIpc) is 2.67. The van der Waals surface area contributed by atoms with Gasteiger partial charge in [0.05, 0.1) is 0 Å². The van der Waals surface area contributed by atoms with Gasteiger partial charge in [-0.25, -0.2) is 0 Å². The van der Waals surface area contributed by atoms with Crippen molar-refractivity contribution in [1.82, 2.24) is 0 Å². The molecular formula is C22H24Cl2NOSiTi-. The summed E-state index contributed by atoms with van der Waals surface area (Å²) in [5.74, 6) is 1.76. The molecule has 3 rings (SSSR count). The molecule has 2 nitrogen and oxygen atoms in total. The van der Waals surface area contributed by atoms with E-state index < -0.39 is 25.3 Å². The second-order valence-electron chi connectivity index (χ2n) is 6.89. The zero-order valence-corrected chi connectivity index (χ0v) is 20.6. The summed E-state index contributed by atoms with van der Waals surface area (Å²) in [6.07, 6.45) is 0. The van der Waals surface area contributed by atoms with Gasteiger partial charge in [0.2, 0.25) is 0 Å². The summed E-state index contributed by atoms with van der Waals surface area (Å²) in [5.41, 5.74) is 3.57. The third-order valence-electron chi connectivity index (χ3n) is 4.35. The maximum atomic E-state index is 6.17. The third kappa shape index (κ3) is 6.40. The predicted octanol–water partition coefficient (Wildman–Crippen LogP) is 7.59. The summed E-state index contributed by atoms with van der Waals surface area (Å²) in [5, 5.41) is 1.21. The van der Waals surface area contributed by atoms with Gasteiger partial charge in [-0.1, -0.05) is 78.8 Å². The van der Waals surface area contributed by atoms with Crippen LogP contribution in [0.4, 0.5) is 5.69 Å². The van der Waals surface area contributed by atoms with E-state index in [0.29, 0.717) is 0 Å². The van der Waals surface area contributed by atoms with Gasteiger partial charge in [-0.15, -0.1) is 5.69 Å². The van der Waals surface area contributed by atoms with Crippen LogP contribution in [0.25, 0.3) is 4.98 Å². The number of hydrogen-bond donors (Lipinski definition) is 0. The van der Waals surface area contributed by atoms with E-state index in [1.165, 1.54) is 16.3 Å². The van der Waals surface area contributed by atoms with Crippen molar-refractivity contribution >= 4 is 37.7 Å². The van der Waals surface area contributed by atoms with Gasteiger partial charge >= 0.3 is 35.6 Å². The first-order chi connectivity index (χ1) is 13.4. The zero-order valence-electron chi connectivity index (χ0n) is 16.5. The molecule has 0 bridgehead atoms. The molecule has 3 aromatic carbocycles. The molecule has 0 saturated carbocycles. The second-order valence-corrected chi connectivity index (χ2v) is 13.4. The number of hydrogen-bond acceptors (Lipinski definition) is 1. The molecule has 0 amide bonds. The molecule has 0 unspecified atom stereocenters. The Morgan fingerprint density at radius 1 is 0.786 bits per heavy atom. The van der Waals surface area contributed by atoms with E-state index in [1.54, 1.807) is 0 Å². The molecule has 0 atom stereocenters. The summed E-state index contributed by atoms with van der Waals surface area (Å²) in [4.78, 5) is 5.22. The van der Waals surface area contributed by atoms with E-state index in [1.807, 2.05) is 42.5 Å². The fourth-order valence-corrected chi connectivity index (χ4v) is 5.27. The van der Waals surface area contributed by atoms with Gasteiger partial charge in [0.15, 0.2) is 0 Å². The summed E-state index contributed by atoms with van der Waals surface area (Å²) in [6.45, 7) is 8.80. The van der Waals surface area contributed by atoms with E-state index in [0.717, 1.165) is 17.2 Å². The molecule has 0 heterocycles. The summed E-state index contributed by atoms with van der Waals surface area (Å²) < 4.78 is 6.17. The van der Waals surface area contributed by atoms with Crippen molar-refractivity contribution in [1.29, 1.82) is 0 Å². The molecule has 146 valence electrons. The Bertz CT molecular complexity index is 870. The molecule has 0 spiro atoms. The molecule has 0 saturated heterocycles. The quantitative estimate of drug-likeness (QED) is 0.356. The van der Waals surface area contributed by atoms with Crippen LogP contribution in [-0.2, 0) is 17.0 Å². The molecular weight excluding hydrogens is 441 g/mol. The van der Waals surface area contributed by atoms with Gasteiger partial charge in [-0.3, -0.25) is 0 Å². The van der Waals surface area contributed by atoms with E-state index in [9.17, 15) is 0 Å². The number of halogens is 2. The van der Waals surface area contributed by atoms with Gasteiger partial charge in [0, 0.05) is 0 Å². The molecule has 0 aromatic heterocycles. The molecule has 0 aliphatic heterocycles. The van der Waals surface area contributed by atoms with Crippen molar-refractivity contribution in [3.8, 4) is 11.5 Å². The van der Waals surface area contributed by atoms with E-state index in [-0.39, 0.29) is 0 Å². The van der Waals surface area contributed by atoms with Gasteiger partial charge in [0.1, 0.15) is 11.5 Å². The summed E-state index contributed by atoms with van der Waals surface area (Å²) in [6, 6.07) is 24.6. The molecule has 6 heteroatoms. The topological polar surface area (TPSA) is 23.3 Å². The SMILES string of the molecule is Cc1cccc(C)c1[N-][Si](C)(C)c1ccccc1Oc1ccccc1.[Cl][Ti][Cl]. The number of benzene rings is 3. The third-order valence-corrected chi connectivity index (χ3v) is 6.86. The second kappa shape index (κ2) is 11.1. The van der Waals surface area contributed by atoms with E-state index >= 15 is 0 Å². The number of ether oxygens (including phenoxy) is 1. The van der Waals surface area contributed by atoms with Gasteiger partial charge in [-0.2, -0.15) is 0 Å². The van der Waals surface area contributed by atoms with Crippen molar-refractivity contribution in [2.24, 2.45) is 0 Å². The van der Waals surface area contributed by atoms with Crippen LogP contribution in [0.2, 0.25) is 13.1 Å². The van der Waals surface area contributed by atoms with Crippen molar-refractivity contribution < 1.29 is 21.8 Å². The Hall–Kier alpha value is -1.23. The van der Waals surface area contributed by atoms with Crippen molar-refractivity contribution in [3.63, 3.8) is 0 Å². The first-order valence-electron chi connectivity index (χ1n) is 8.97. The average molecular weight is 465 g/mol. The molecule has 0 aliphatic carbocycles. The summed E-state index contributed by atoms with van der Waals surface area (Å²) in [7, 11) is 7.70. The Morgan fingerprint density at radius 2 is 1.32 bits per heavy atom. The van der Waals surface area contributed by atoms with E-state index in [2.05, 4.69) is 57.3 Å². The van der Waals surface area contributed by atoms with Crippen LogP contribution in [0, 0.1) is 13.8 Å². The fraction of sp³-hybridized carbons (Fsp3) is 0.182. The van der Waals surface area contributed by atoms with Crippen LogP contribution in [0.15, 0.2) is 72.8 Å². The van der Waals surface area contributed by atoms with Crippen LogP contribution in [-0.4, -0.2) is 8.24 Å². The Labute approximate surface area is 186 Å². The van der Waals surface area contributed by atoms with Gasteiger partial charge in [-0.05, 0) is 45.5 Å². The molecule has 3 aromatic rings. The van der Waals surface area contributed by atoms with Crippen LogP contribution in [0.3, 0.4) is 0 Å². The number of aryl methyl sites for hydroxylation is 2. The molecule has 28 heavy (non-hydrogen) atoms. The molecule has 0 radical (unpaired) electrons. The number of nitrogens with zero attached hydrogens (tertiary/aromatic N) is 1. The predicted molar refractivity (Wildman–Crippen MR) is 121 cm³/mol. The Morgan fingerprint density at radius 3 is 1.93 bits per heavy atom. The normalized spacial score (nSPS) is 10.5. The first kappa shape index (κ1) is 23.1. The van der Waals surface area contributed by atoms with Gasteiger partial charge < -0.3 is 9.72 Å². The standard InChI is InChI=1S/C22H24NOSi.2ClH.Ti/c1-17-11-10-12-18(2)22(17)23-25(3,4)21-16-9-8-15-20(21)24-19-13-6-5-7-14-19;;;/h5-16H,1-4H3;2*1H;/q-1;;;+2/p-2. The van der Waals surface area contributed by atoms with Crippen LogP contribution < -0.4 is 9.92 Å². The van der Waals surface area contributed by atoms with Crippen molar-refractivity contribution in [3.05, 3.63) is 88.9 Å². The van der Waals surface area contributed by atoms with Crippen LogP contribution >= 0.6 is 18.6 Å². The number of rotatable bonds is 5. The molecule has 0 N–H and O–H groups in total. The zero-order chi connectivity index (χ0) is 20.6.